The topological polar surface area (TPSA) is 75.7 Å². The van der Waals surface area contributed by atoms with Crippen molar-refractivity contribution < 1.29 is 22.3 Å². The standard InChI is InChI=1S/C19H20ClFN2O4S/c1-2-27-16-9-8-13(12-17(16)28(25,26)23-10-3-4-11-23)22-19(24)18-14(20)6-5-7-15(18)21/h5-9,12H,2-4,10-11H2,1H3,(H,22,24). The molecule has 0 bridgehead atoms. The van der Waals surface area contributed by atoms with E-state index in [1.807, 2.05) is 0 Å². The van der Waals surface area contributed by atoms with E-state index in [-0.39, 0.29) is 26.9 Å². The van der Waals surface area contributed by atoms with Gasteiger partial charge < -0.3 is 10.1 Å². The number of nitrogens with zero attached hydrogens (tertiary/aromatic N) is 1. The normalized spacial score (nSPS) is 14.8. The molecule has 9 heteroatoms. The lowest BCUT2D eigenvalue weighted by molar-refractivity contribution is 0.102. The van der Waals surface area contributed by atoms with Crippen LogP contribution in [-0.4, -0.2) is 38.3 Å². The number of ether oxygens (including phenoxy) is 1. The minimum absolute atomic E-state index is 0.0336. The lowest BCUT2D eigenvalue weighted by Crippen LogP contribution is -2.28. The molecule has 1 N–H and O–H groups in total. The van der Waals surface area contributed by atoms with Crippen LogP contribution < -0.4 is 10.1 Å². The number of nitrogens with one attached hydrogen (secondary N) is 1. The number of hydrogen-bond donors (Lipinski definition) is 1. The van der Waals surface area contributed by atoms with Gasteiger partial charge in [0.25, 0.3) is 5.91 Å². The van der Waals surface area contributed by atoms with Crippen LogP contribution in [0.4, 0.5) is 10.1 Å². The first kappa shape index (κ1) is 20.6. The van der Waals surface area contributed by atoms with E-state index in [9.17, 15) is 17.6 Å². The summed E-state index contributed by atoms with van der Waals surface area (Å²) >= 11 is 5.92. The van der Waals surface area contributed by atoms with Crippen molar-refractivity contribution in [2.24, 2.45) is 0 Å². The number of halogens is 2. The zero-order chi connectivity index (χ0) is 20.3. The van der Waals surface area contributed by atoms with Crippen molar-refractivity contribution in [3.8, 4) is 5.75 Å². The summed E-state index contributed by atoms with van der Waals surface area (Å²) in [4.78, 5) is 12.4. The van der Waals surface area contributed by atoms with Crippen molar-refractivity contribution in [1.29, 1.82) is 0 Å². The summed E-state index contributed by atoms with van der Waals surface area (Å²) in [5, 5.41) is 2.48. The number of carbonyl (C=O) groups is 1. The maximum absolute atomic E-state index is 14.0. The summed E-state index contributed by atoms with van der Waals surface area (Å²) in [7, 11) is -3.77. The molecule has 28 heavy (non-hydrogen) atoms. The lowest BCUT2D eigenvalue weighted by Gasteiger charge is -2.19. The predicted molar refractivity (Wildman–Crippen MR) is 105 cm³/mol. The Morgan fingerprint density at radius 1 is 1.25 bits per heavy atom. The first-order valence-electron chi connectivity index (χ1n) is 8.87. The molecule has 0 unspecified atom stereocenters. The second kappa shape index (κ2) is 8.46. The average Bonchev–Trinajstić information content (AvgIpc) is 3.18. The summed E-state index contributed by atoms with van der Waals surface area (Å²) in [6, 6.07) is 8.23. The summed E-state index contributed by atoms with van der Waals surface area (Å²) in [6.07, 6.45) is 1.59. The number of rotatable bonds is 6. The first-order chi connectivity index (χ1) is 13.3. The Morgan fingerprint density at radius 2 is 1.96 bits per heavy atom. The Kier molecular flexibility index (Phi) is 6.22. The molecule has 1 amide bonds. The highest BCUT2D eigenvalue weighted by molar-refractivity contribution is 7.89. The van der Waals surface area contributed by atoms with Crippen molar-refractivity contribution in [3.63, 3.8) is 0 Å². The van der Waals surface area contributed by atoms with Gasteiger partial charge in [-0.3, -0.25) is 4.79 Å². The Morgan fingerprint density at radius 3 is 2.61 bits per heavy atom. The van der Waals surface area contributed by atoms with Gasteiger partial charge in [-0.15, -0.1) is 0 Å². The van der Waals surface area contributed by atoms with Gasteiger partial charge in [0, 0.05) is 18.8 Å². The van der Waals surface area contributed by atoms with Gasteiger partial charge in [0.1, 0.15) is 16.5 Å². The molecular formula is C19H20ClFN2O4S. The van der Waals surface area contributed by atoms with Crippen LogP contribution in [0.25, 0.3) is 0 Å². The van der Waals surface area contributed by atoms with Crippen LogP contribution in [0.5, 0.6) is 5.75 Å². The van der Waals surface area contributed by atoms with E-state index in [4.69, 9.17) is 16.3 Å². The number of sulfonamides is 1. The zero-order valence-corrected chi connectivity index (χ0v) is 16.8. The van der Waals surface area contributed by atoms with Crippen LogP contribution in [0.3, 0.4) is 0 Å². The van der Waals surface area contributed by atoms with Gasteiger partial charge in [0.2, 0.25) is 10.0 Å². The van der Waals surface area contributed by atoms with Crippen LogP contribution in [0.15, 0.2) is 41.3 Å². The molecule has 3 rings (SSSR count). The van der Waals surface area contributed by atoms with Gasteiger partial charge in [0.15, 0.2) is 0 Å². The lowest BCUT2D eigenvalue weighted by atomic mass is 10.2. The van der Waals surface area contributed by atoms with E-state index in [0.717, 1.165) is 18.9 Å². The summed E-state index contributed by atoms with van der Waals surface area (Å²) in [5.74, 6) is -1.33. The van der Waals surface area contributed by atoms with Gasteiger partial charge >= 0.3 is 0 Å². The molecule has 0 aromatic heterocycles. The Balaban J connectivity index is 1.96. The minimum Gasteiger partial charge on any atom is -0.492 e. The molecular weight excluding hydrogens is 407 g/mol. The van der Waals surface area contributed by atoms with Crippen molar-refractivity contribution >= 4 is 33.2 Å². The highest BCUT2D eigenvalue weighted by Crippen LogP contribution is 2.32. The van der Waals surface area contributed by atoms with Crippen molar-refractivity contribution in [3.05, 3.63) is 52.8 Å². The Hall–Kier alpha value is -2.16. The van der Waals surface area contributed by atoms with E-state index in [2.05, 4.69) is 5.32 Å². The van der Waals surface area contributed by atoms with Gasteiger partial charge in [-0.1, -0.05) is 17.7 Å². The number of carbonyl (C=O) groups excluding carboxylic acids is 1. The summed E-state index contributed by atoms with van der Waals surface area (Å²) < 4.78 is 46.8. The molecule has 0 spiro atoms. The Labute approximate surface area is 168 Å². The first-order valence-corrected chi connectivity index (χ1v) is 10.7. The van der Waals surface area contributed by atoms with E-state index < -0.39 is 21.7 Å². The van der Waals surface area contributed by atoms with Crippen LogP contribution in [0.1, 0.15) is 30.1 Å². The number of benzene rings is 2. The second-order valence-corrected chi connectivity index (χ2v) is 8.57. The molecule has 0 atom stereocenters. The monoisotopic (exact) mass is 426 g/mol. The molecule has 1 fully saturated rings. The molecule has 1 aliphatic heterocycles. The quantitative estimate of drug-likeness (QED) is 0.759. The van der Waals surface area contributed by atoms with E-state index in [0.29, 0.717) is 19.7 Å². The summed E-state index contributed by atoms with van der Waals surface area (Å²) in [6.45, 7) is 2.92. The third-order valence-electron chi connectivity index (χ3n) is 4.37. The van der Waals surface area contributed by atoms with Crippen LogP contribution in [0.2, 0.25) is 5.02 Å². The van der Waals surface area contributed by atoms with Gasteiger partial charge in [-0.05, 0) is 50.1 Å². The van der Waals surface area contributed by atoms with E-state index in [1.165, 1.54) is 34.6 Å². The number of hydrogen-bond acceptors (Lipinski definition) is 4. The third kappa shape index (κ3) is 4.14. The molecule has 0 saturated carbocycles. The minimum atomic E-state index is -3.77. The molecule has 1 heterocycles. The van der Waals surface area contributed by atoms with E-state index >= 15 is 0 Å². The van der Waals surface area contributed by atoms with Crippen LogP contribution in [-0.2, 0) is 10.0 Å². The van der Waals surface area contributed by atoms with Crippen molar-refractivity contribution in [2.45, 2.75) is 24.7 Å². The average molecular weight is 427 g/mol. The zero-order valence-electron chi connectivity index (χ0n) is 15.2. The largest absolute Gasteiger partial charge is 0.492 e. The predicted octanol–water partition coefficient (Wildman–Crippen LogP) is 3.91. The van der Waals surface area contributed by atoms with Crippen molar-refractivity contribution in [2.75, 3.05) is 25.0 Å². The molecule has 0 aliphatic carbocycles. The fraction of sp³-hybridized carbons (Fsp3) is 0.316. The molecule has 2 aromatic carbocycles. The molecule has 150 valence electrons. The molecule has 2 aromatic rings. The summed E-state index contributed by atoms with van der Waals surface area (Å²) in [5.41, 5.74) is -0.104. The SMILES string of the molecule is CCOc1ccc(NC(=O)c2c(F)cccc2Cl)cc1S(=O)(=O)N1CCCC1. The third-order valence-corrected chi connectivity index (χ3v) is 6.61. The second-order valence-electron chi connectivity index (χ2n) is 6.26. The molecule has 1 aliphatic rings. The van der Waals surface area contributed by atoms with E-state index in [1.54, 1.807) is 6.92 Å². The number of amides is 1. The maximum Gasteiger partial charge on any atom is 0.260 e. The fourth-order valence-electron chi connectivity index (χ4n) is 3.04. The van der Waals surface area contributed by atoms with Crippen LogP contribution >= 0.6 is 11.6 Å². The highest BCUT2D eigenvalue weighted by Gasteiger charge is 2.30. The Bertz CT molecular complexity index is 971. The van der Waals surface area contributed by atoms with Crippen molar-refractivity contribution in [1.82, 2.24) is 4.31 Å². The highest BCUT2D eigenvalue weighted by atomic mass is 35.5. The smallest absolute Gasteiger partial charge is 0.260 e. The fourth-order valence-corrected chi connectivity index (χ4v) is 4.96. The molecule has 0 radical (unpaired) electrons. The van der Waals surface area contributed by atoms with Gasteiger partial charge in [-0.2, -0.15) is 4.31 Å². The molecule has 1 saturated heterocycles. The maximum atomic E-state index is 14.0. The van der Waals surface area contributed by atoms with Crippen LogP contribution in [0, 0.1) is 5.82 Å². The number of anilines is 1. The van der Waals surface area contributed by atoms with Gasteiger partial charge in [0.05, 0.1) is 17.2 Å². The van der Waals surface area contributed by atoms with Gasteiger partial charge in [-0.25, -0.2) is 12.8 Å². The molecule has 6 nitrogen and oxygen atoms in total.